The zero-order valence-corrected chi connectivity index (χ0v) is 12.5. The van der Waals surface area contributed by atoms with Crippen LogP contribution in [0.1, 0.15) is 12.5 Å². The van der Waals surface area contributed by atoms with E-state index in [4.69, 9.17) is 0 Å². The van der Waals surface area contributed by atoms with Crippen molar-refractivity contribution in [2.24, 2.45) is 5.10 Å². The summed E-state index contributed by atoms with van der Waals surface area (Å²) < 4.78 is 0. The smallest absolute Gasteiger partial charge is 0.0648 e. The van der Waals surface area contributed by atoms with Crippen LogP contribution in [0.2, 0.25) is 0 Å². The van der Waals surface area contributed by atoms with Crippen molar-refractivity contribution in [3.63, 3.8) is 0 Å². The molecule has 0 radical (unpaired) electrons. The fourth-order valence-electron chi connectivity index (χ4n) is 2.26. The number of para-hydroxylation sites is 1. The van der Waals surface area contributed by atoms with E-state index in [0.717, 1.165) is 17.0 Å². The van der Waals surface area contributed by atoms with Crippen LogP contribution in [-0.2, 0) is 0 Å². The van der Waals surface area contributed by atoms with Crippen molar-refractivity contribution in [3.8, 4) is 11.1 Å². The highest BCUT2D eigenvalue weighted by Gasteiger charge is 2.00. The molecule has 0 spiro atoms. The number of nitrogens with zero attached hydrogens (tertiary/aromatic N) is 1. The minimum Gasteiger partial charge on any atom is -0.278 e. The van der Waals surface area contributed by atoms with Gasteiger partial charge in [0.2, 0.25) is 0 Å². The van der Waals surface area contributed by atoms with Crippen molar-refractivity contribution in [3.05, 3.63) is 90.5 Å². The van der Waals surface area contributed by atoms with Gasteiger partial charge in [-0.05, 0) is 35.7 Å². The summed E-state index contributed by atoms with van der Waals surface area (Å²) in [6.07, 6.45) is 0. The summed E-state index contributed by atoms with van der Waals surface area (Å²) in [5.41, 5.74) is 8.59. The maximum absolute atomic E-state index is 4.43. The van der Waals surface area contributed by atoms with Gasteiger partial charge in [-0.3, -0.25) is 5.43 Å². The predicted octanol–water partition coefficient (Wildman–Crippen LogP) is 5.19. The van der Waals surface area contributed by atoms with Crippen molar-refractivity contribution >= 4 is 11.4 Å². The molecule has 22 heavy (non-hydrogen) atoms. The minimum atomic E-state index is 0.962. The standard InChI is InChI=1S/C20H18N2/c1-16(21-22-20-10-6-3-7-11-20)17-12-14-19(15-13-17)18-8-4-2-5-9-18/h2-15,22H,1H3/b21-16+. The molecule has 0 aromatic heterocycles. The third-order valence-corrected chi connectivity index (χ3v) is 3.54. The zero-order valence-electron chi connectivity index (χ0n) is 12.5. The average Bonchev–Trinajstić information content (AvgIpc) is 2.61. The molecule has 3 aromatic carbocycles. The van der Waals surface area contributed by atoms with Crippen molar-refractivity contribution in [2.45, 2.75) is 6.92 Å². The Morgan fingerprint density at radius 2 is 1.23 bits per heavy atom. The van der Waals surface area contributed by atoms with E-state index in [1.54, 1.807) is 0 Å². The van der Waals surface area contributed by atoms with Crippen LogP contribution in [0.3, 0.4) is 0 Å². The highest BCUT2D eigenvalue weighted by molar-refractivity contribution is 5.99. The van der Waals surface area contributed by atoms with Crippen LogP contribution >= 0.6 is 0 Å². The Bertz CT molecular complexity index is 745. The third kappa shape index (κ3) is 3.41. The molecular formula is C20H18N2. The molecule has 0 aliphatic rings. The first-order valence-corrected chi connectivity index (χ1v) is 7.34. The van der Waals surface area contributed by atoms with E-state index in [-0.39, 0.29) is 0 Å². The first-order valence-electron chi connectivity index (χ1n) is 7.34. The summed E-state index contributed by atoms with van der Waals surface area (Å²) >= 11 is 0. The highest BCUT2D eigenvalue weighted by atomic mass is 15.3. The molecule has 0 atom stereocenters. The summed E-state index contributed by atoms with van der Waals surface area (Å²) in [5.74, 6) is 0. The van der Waals surface area contributed by atoms with Crippen molar-refractivity contribution in [2.75, 3.05) is 5.43 Å². The number of hydrogen-bond donors (Lipinski definition) is 1. The maximum Gasteiger partial charge on any atom is 0.0648 e. The highest BCUT2D eigenvalue weighted by Crippen LogP contribution is 2.19. The SMILES string of the molecule is C/C(=N\Nc1ccccc1)c1ccc(-c2ccccc2)cc1. The fraction of sp³-hybridized carbons (Fsp3) is 0.0500. The average molecular weight is 286 g/mol. The molecule has 0 saturated carbocycles. The van der Waals surface area contributed by atoms with Crippen molar-refractivity contribution in [1.82, 2.24) is 0 Å². The van der Waals surface area contributed by atoms with Gasteiger partial charge in [-0.1, -0.05) is 72.8 Å². The lowest BCUT2D eigenvalue weighted by molar-refractivity contribution is 1.32. The van der Waals surface area contributed by atoms with Gasteiger partial charge in [0.1, 0.15) is 0 Å². The van der Waals surface area contributed by atoms with Gasteiger partial charge in [0, 0.05) is 0 Å². The van der Waals surface area contributed by atoms with Crippen LogP contribution in [0.4, 0.5) is 5.69 Å². The lowest BCUT2D eigenvalue weighted by atomic mass is 10.0. The van der Waals surface area contributed by atoms with Crippen molar-refractivity contribution < 1.29 is 0 Å². The van der Waals surface area contributed by atoms with E-state index in [1.165, 1.54) is 11.1 Å². The van der Waals surface area contributed by atoms with E-state index < -0.39 is 0 Å². The van der Waals surface area contributed by atoms with Gasteiger partial charge in [-0.2, -0.15) is 5.10 Å². The molecule has 0 fully saturated rings. The molecule has 0 amide bonds. The molecule has 0 unspecified atom stereocenters. The van der Waals surface area contributed by atoms with Gasteiger partial charge in [-0.15, -0.1) is 0 Å². The van der Waals surface area contributed by atoms with E-state index in [1.807, 2.05) is 43.3 Å². The number of nitrogens with one attached hydrogen (secondary N) is 1. The van der Waals surface area contributed by atoms with Gasteiger partial charge in [0.25, 0.3) is 0 Å². The Balaban J connectivity index is 1.75. The first-order chi connectivity index (χ1) is 10.8. The minimum absolute atomic E-state index is 0.962. The number of hydrogen-bond acceptors (Lipinski definition) is 2. The summed E-state index contributed by atoms with van der Waals surface area (Å²) in [6.45, 7) is 2.01. The fourth-order valence-corrected chi connectivity index (χ4v) is 2.26. The quantitative estimate of drug-likeness (QED) is 0.518. The Morgan fingerprint density at radius 3 is 1.86 bits per heavy atom. The van der Waals surface area contributed by atoms with Crippen LogP contribution in [-0.4, -0.2) is 5.71 Å². The van der Waals surface area contributed by atoms with Gasteiger partial charge in [-0.25, -0.2) is 0 Å². The maximum atomic E-state index is 4.43. The predicted molar refractivity (Wildman–Crippen MR) is 94.2 cm³/mol. The molecule has 0 aliphatic carbocycles. The molecule has 2 heteroatoms. The second-order valence-corrected chi connectivity index (χ2v) is 5.12. The number of hydrazone groups is 1. The Hall–Kier alpha value is -2.87. The molecule has 0 saturated heterocycles. The number of rotatable bonds is 4. The lowest BCUT2D eigenvalue weighted by Gasteiger charge is -2.05. The van der Waals surface area contributed by atoms with Gasteiger partial charge in [0.15, 0.2) is 0 Å². The largest absolute Gasteiger partial charge is 0.278 e. The zero-order chi connectivity index (χ0) is 15.2. The Morgan fingerprint density at radius 1 is 0.682 bits per heavy atom. The normalized spacial score (nSPS) is 11.2. The van der Waals surface area contributed by atoms with Gasteiger partial charge >= 0.3 is 0 Å². The molecule has 2 nitrogen and oxygen atoms in total. The second kappa shape index (κ2) is 6.72. The van der Waals surface area contributed by atoms with Crippen LogP contribution in [0.15, 0.2) is 90.0 Å². The van der Waals surface area contributed by atoms with Crippen LogP contribution in [0, 0.1) is 0 Å². The Labute approximate surface area is 131 Å². The summed E-state index contributed by atoms with van der Waals surface area (Å²) in [5, 5.41) is 4.43. The molecule has 1 N–H and O–H groups in total. The number of benzene rings is 3. The second-order valence-electron chi connectivity index (χ2n) is 5.12. The van der Waals surface area contributed by atoms with Crippen LogP contribution in [0.25, 0.3) is 11.1 Å². The third-order valence-electron chi connectivity index (χ3n) is 3.54. The summed E-state index contributed by atoms with van der Waals surface area (Å²) in [4.78, 5) is 0. The monoisotopic (exact) mass is 286 g/mol. The van der Waals surface area contributed by atoms with Crippen molar-refractivity contribution in [1.29, 1.82) is 0 Å². The molecule has 0 bridgehead atoms. The summed E-state index contributed by atoms with van der Waals surface area (Å²) in [7, 11) is 0. The van der Waals surface area contributed by atoms with E-state index in [0.29, 0.717) is 0 Å². The first kappa shape index (κ1) is 14.1. The van der Waals surface area contributed by atoms with Crippen LogP contribution < -0.4 is 5.43 Å². The molecule has 3 aromatic rings. The van der Waals surface area contributed by atoms with E-state index in [9.17, 15) is 0 Å². The molecule has 3 rings (SSSR count). The molecule has 0 aliphatic heterocycles. The van der Waals surface area contributed by atoms with Crippen LogP contribution in [0.5, 0.6) is 0 Å². The Kier molecular flexibility index (Phi) is 4.30. The molecular weight excluding hydrogens is 268 g/mol. The summed E-state index contributed by atoms with van der Waals surface area (Å²) in [6, 6.07) is 28.8. The molecule has 108 valence electrons. The topological polar surface area (TPSA) is 24.4 Å². The number of anilines is 1. The van der Waals surface area contributed by atoms with E-state index in [2.05, 4.69) is 59.1 Å². The lowest BCUT2D eigenvalue weighted by Crippen LogP contribution is -1.99. The van der Waals surface area contributed by atoms with Gasteiger partial charge < -0.3 is 0 Å². The van der Waals surface area contributed by atoms with E-state index >= 15 is 0 Å². The molecule has 0 heterocycles. The van der Waals surface area contributed by atoms with Gasteiger partial charge in [0.05, 0.1) is 11.4 Å².